The second-order valence-corrected chi connectivity index (χ2v) is 8.46. The molecule has 0 aliphatic heterocycles. The molecule has 7 heteroatoms. The van der Waals surface area contributed by atoms with Crippen molar-refractivity contribution in [2.45, 2.75) is 46.1 Å². The molecule has 174 valence electrons. The van der Waals surface area contributed by atoms with Gasteiger partial charge in [-0.1, -0.05) is 23.8 Å². The molecule has 7 nitrogen and oxygen atoms in total. The lowest BCUT2D eigenvalue weighted by Gasteiger charge is -2.38. The summed E-state index contributed by atoms with van der Waals surface area (Å²) in [6.07, 6.45) is -0.624. The molecule has 1 aliphatic carbocycles. The van der Waals surface area contributed by atoms with Crippen LogP contribution in [0.25, 0.3) is 0 Å². The molecule has 1 aliphatic rings. The smallest absolute Gasteiger partial charge is 0.184 e. The van der Waals surface area contributed by atoms with E-state index in [9.17, 15) is 29.7 Å². The van der Waals surface area contributed by atoms with E-state index in [1.54, 1.807) is 30.3 Å². The van der Waals surface area contributed by atoms with Gasteiger partial charge in [0.2, 0.25) is 0 Å². The number of carbonyl (C=O) groups is 3. The van der Waals surface area contributed by atoms with Gasteiger partial charge in [-0.25, -0.2) is 0 Å². The molecule has 2 atom stereocenters. The molecule has 0 spiro atoms. The minimum atomic E-state index is -2.08. The molecule has 2 aromatic rings. The van der Waals surface area contributed by atoms with E-state index in [0.29, 0.717) is 17.9 Å². The average molecular weight is 453 g/mol. The third kappa shape index (κ3) is 4.54. The summed E-state index contributed by atoms with van der Waals surface area (Å²) < 4.78 is 5.41. The number of phenols is 2. The normalized spacial score (nSPS) is 18.4. The number of carbonyl (C=O) groups excluding carboxylic acids is 3. The highest BCUT2D eigenvalue weighted by atomic mass is 16.5. The first kappa shape index (κ1) is 24.2. The number of ketones is 3. The van der Waals surface area contributed by atoms with Crippen molar-refractivity contribution in [3.05, 3.63) is 64.7 Å². The summed E-state index contributed by atoms with van der Waals surface area (Å²) in [5, 5.41) is 31.6. The number of benzene rings is 2. The highest BCUT2D eigenvalue weighted by Gasteiger charge is 2.56. The first-order valence-corrected chi connectivity index (χ1v) is 10.8. The van der Waals surface area contributed by atoms with Crippen molar-refractivity contribution in [1.29, 1.82) is 0 Å². The van der Waals surface area contributed by atoms with Crippen LogP contribution in [-0.2, 0) is 11.2 Å². The molecule has 0 radical (unpaired) electrons. The summed E-state index contributed by atoms with van der Waals surface area (Å²) in [5.41, 5.74) is -1.37. The molecule has 33 heavy (non-hydrogen) atoms. The molecule has 0 bridgehead atoms. The minimum Gasteiger partial charge on any atom is -0.507 e. The summed E-state index contributed by atoms with van der Waals surface area (Å²) in [4.78, 5) is 40.3. The number of Topliss-reactive ketones (excluding diaryl/α,β-unsaturated/α-hetero) is 3. The van der Waals surface area contributed by atoms with E-state index in [1.165, 1.54) is 0 Å². The Morgan fingerprint density at radius 2 is 1.67 bits per heavy atom. The number of hydrogen-bond donors (Lipinski definition) is 3. The van der Waals surface area contributed by atoms with E-state index in [0.717, 1.165) is 17.7 Å². The second-order valence-electron chi connectivity index (χ2n) is 8.46. The molecule has 0 aromatic heterocycles. The lowest BCUT2D eigenvalue weighted by Crippen LogP contribution is -2.53. The van der Waals surface area contributed by atoms with E-state index in [4.69, 9.17) is 4.74 Å². The van der Waals surface area contributed by atoms with Crippen LogP contribution in [0.5, 0.6) is 17.2 Å². The lowest BCUT2D eigenvalue weighted by molar-refractivity contribution is -0.131. The number of aromatic hydroxyl groups is 2. The van der Waals surface area contributed by atoms with Crippen molar-refractivity contribution in [3.63, 3.8) is 0 Å². The van der Waals surface area contributed by atoms with Gasteiger partial charge in [0.05, 0.1) is 23.8 Å². The number of aliphatic hydroxyl groups excluding tert-OH is 1. The Morgan fingerprint density at radius 3 is 2.24 bits per heavy atom. The van der Waals surface area contributed by atoms with E-state index >= 15 is 0 Å². The Bertz CT molecular complexity index is 1110. The van der Waals surface area contributed by atoms with Gasteiger partial charge in [0.1, 0.15) is 22.7 Å². The van der Waals surface area contributed by atoms with Crippen LogP contribution >= 0.6 is 0 Å². The summed E-state index contributed by atoms with van der Waals surface area (Å²) in [6.45, 7) is 5.97. The standard InChI is InChI=1S/C26H28O7/c1-4-33-17-8-6-16(7-9-17)13-22(31)26(21(30)12-5-15(2)3)14-20(29)23-18(27)10-11-19(28)24(23)25(26)32/h5-11,21,27-28,30H,4,12-14H2,1-3H3/t21-,26?/m1/s1. The number of ether oxygens (including phenoxy) is 1. The Labute approximate surface area is 192 Å². The number of fused-ring (bicyclic) bond motifs is 1. The van der Waals surface area contributed by atoms with E-state index < -0.39 is 52.4 Å². The van der Waals surface area contributed by atoms with Crippen molar-refractivity contribution in [1.82, 2.24) is 0 Å². The van der Waals surface area contributed by atoms with Crippen LogP contribution < -0.4 is 4.74 Å². The zero-order valence-electron chi connectivity index (χ0n) is 18.9. The fourth-order valence-corrected chi connectivity index (χ4v) is 4.18. The van der Waals surface area contributed by atoms with Crippen LogP contribution in [0.3, 0.4) is 0 Å². The maximum atomic E-state index is 13.7. The van der Waals surface area contributed by atoms with Gasteiger partial charge in [-0.05, 0) is 57.0 Å². The van der Waals surface area contributed by atoms with E-state index in [2.05, 4.69) is 0 Å². The van der Waals surface area contributed by atoms with E-state index in [1.807, 2.05) is 20.8 Å². The summed E-state index contributed by atoms with van der Waals surface area (Å²) in [7, 11) is 0. The van der Waals surface area contributed by atoms with Crippen molar-refractivity contribution >= 4 is 17.3 Å². The SMILES string of the molecule is CCOc1ccc(CC(=O)C2([C@H](O)CC=C(C)C)CC(=O)c3c(O)ccc(O)c3C2=O)cc1. The van der Waals surface area contributed by atoms with Gasteiger partial charge in [0.25, 0.3) is 0 Å². The van der Waals surface area contributed by atoms with Gasteiger partial charge in [-0.15, -0.1) is 0 Å². The summed E-state index contributed by atoms with van der Waals surface area (Å²) >= 11 is 0. The number of aliphatic hydroxyl groups is 1. The molecule has 0 saturated carbocycles. The predicted octanol–water partition coefficient (Wildman–Crippen LogP) is 3.78. The van der Waals surface area contributed by atoms with Crippen LogP contribution in [0.4, 0.5) is 0 Å². The molecule has 3 N–H and O–H groups in total. The average Bonchev–Trinajstić information content (AvgIpc) is 2.77. The monoisotopic (exact) mass is 452 g/mol. The molecule has 1 unspecified atom stereocenters. The molecule has 3 rings (SSSR count). The maximum absolute atomic E-state index is 13.7. The van der Waals surface area contributed by atoms with Crippen LogP contribution in [0.15, 0.2) is 48.0 Å². The third-order valence-electron chi connectivity index (χ3n) is 5.93. The first-order chi connectivity index (χ1) is 15.6. The van der Waals surface area contributed by atoms with Crippen molar-refractivity contribution < 1.29 is 34.4 Å². The van der Waals surface area contributed by atoms with Gasteiger partial charge in [-0.2, -0.15) is 0 Å². The fraction of sp³-hybridized carbons (Fsp3) is 0.346. The highest BCUT2D eigenvalue weighted by molar-refractivity contribution is 6.26. The molecule has 0 amide bonds. The molecular formula is C26H28O7. The van der Waals surface area contributed by atoms with Crippen molar-refractivity contribution in [3.8, 4) is 17.2 Å². The highest BCUT2D eigenvalue weighted by Crippen LogP contribution is 2.46. The van der Waals surface area contributed by atoms with Gasteiger partial charge in [0, 0.05) is 12.8 Å². The van der Waals surface area contributed by atoms with Crippen molar-refractivity contribution in [2.24, 2.45) is 5.41 Å². The molecule has 0 saturated heterocycles. The van der Waals surface area contributed by atoms with Crippen LogP contribution in [0, 0.1) is 5.41 Å². The number of phenolic OH excluding ortho intramolecular Hbond substituents is 2. The Kier molecular flexibility index (Phi) is 7.03. The van der Waals surface area contributed by atoms with Crippen LogP contribution in [-0.4, -0.2) is 45.4 Å². The summed E-state index contributed by atoms with van der Waals surface area (Å²) in [6, 6.07) is 8.98. The van der Waals surface area contributed by atoms with E-state index in [-0.39, 0.29) is 18.4 Å². The Hall–Kier alpha value is -3.45. The predicted molar refractivity (Wildman–Crippen MR) is 122 cm³/mol. The number of allylic oxidation sites excluding steroid dienone is 1. The third-order valence-corrected chi connectivity index (χ3v) is 5.93. The number of hydrogen-bond acceptors (Lipinski definition) is 7. The summed E-state index contributed by atoms with van der Waals surface area (Å²) in [5.74, 6) is -2.52. The number of rotatable bonds is 8. The largest absolute Gasteiger partial charge is 0.507 e. The van der Waals surface area contributed by atoms with Gasteiger partial charge in [-0.3, -0.25) is 14.4 Å². The Balaban J connectivity index is 2.08. The van der Waals surface area contributed by atoms with Gasteiger partial charge in [0.15, 0.2) is 17.3 Å². The van der Waals surface area contributed by atoms with Crippen LogP contribution in [0.2, 0.25) is 0 Å². The molecule has 0 fully saturated rings. The zero-order valence-corrected chi connectivity index (χ0v) is 18.9. The quantitative estimate of drug-likeness (QED) is 0.317. The molecular weight excluding hydrogens is 424 g/mol. The second kappa shape index (κ2) is 9.58. The van der Waals surface area contributed by atoms with Crippen molar-refractivity contribution in [2.75, 3.05) is 6.61 Å². The Morgan fingerprint density at radius 1 is 1.06 bits per heavy atom. The molecule has 0 heterocycles. The van der Waals surface area contributed by atoms with Gasteiger partial charge >= 0.3 is 0 Å². The van der Waals surface area contributed by atoms with Crippen LogP contribution in [0.1, 0.15) is 59.9 Å². The lowest BCUT2D eigenvalue weighted by atomic mass is 9.62. The first-order valence-electron chi connectivity index (χ1n) is 10.8. The fourth-order valence-electron chi connectivity index (χ4n) is 4.18. The van der Waals surface area contributed by atoms with Gasteiger partial charge < -0.3 is 20.1 Å². The molecule has 2 aromatic carbocycles. The maximum Gasteiger partial charge on any atom is 0.184 e. The minimum absolute atomic E-state index is 0.0225. The topological polar surface area (TPSA) is 121 Å². The zero-order chi connectivity index (χ0) is 24.3.